The zero-order valence-electron chi connectivity index (χ0n) is 11.8. The van der Waals surface area contributed by atoms with E-state index in [0.717, 1.165) is 31.5 Å². The first-order chi connectivity index (χ1) is 8.37. The lowest BCUT2D eigenvalue weighted by Gasteiger charge is -2.44. The molecule has 4 heteroatoms. The summed E-state index contributed by atoms with van der Waals surface area (Å²) in [5.74, 6) is 2.29. The molecule has 1 heterocycles. The zero-order valence-corrected chi connectivity index (χ0v) is 11.8. The van der Waals surface area contributed by atoms with Gasteiger partial charge in [0.05, 0.1) is 0 Å². The van der Waals surface area contributed by atoms with E-state index in [-0.39, 0.29) is 11.7 Å². The second-order valence-corrected chi connectivity index (χ2v) is 6.93. The van der Waals surface area contributed by atoms with Gasteiger partial charge in [-0.2, -0.15) is 0 Å². The van der Waals surface area contributed by atoms with Crippen molar-refractivity contribution < 1.29 is 9.53 Å². The number of nitrogens with zero attached hydrogens (tertiary/aromatic N) is 1. The van der Waals surface area contributed by atoms with Crippen LogP contribution in [0.1, 0.15) is 40.0 Å². The molecule has 0 radical (unpaired) electrons. The van der Waals surface area contributed by atoms with Gasteiger partial charge in [0.1, 0.15) is 5.60 Å². The summed E-state index contributed by atoms with van der Waals surface area (Å²) in [5, 5.41) is 0. The van der Waals surface area contributed by atoms with Gasteiger partial charge in [0, 0.05) is 13.1 Å². The Balaban J connectivity index is 1.61. The summed E-state index contributed by atoms with van der Waals surface area (Å²) < 4.78 is 5.34. The lowest BCUT2D eigenvalue weighted by molar-refractivity contribution is -0.00855. The highest BCUT2D eigenvalue weighted by atomic mass is 16.6. The molecule has 0 aromatic carbocycles. The van der Waals surface area contributed by atoms with Gasteiger partial charge in [-0.3, -0.25) is 0 Å². The topological polar surface area (TPSA) is 55.6 Å². The number of likely N-dealkylation sites (tertiary alicyclic amines) is 1. The van der Waals surface area contributed by atoms with Crippen LogP contribution in [0, 0.1) is 17.8 Å². The van der Waals surface area contributed by atoms with Crippen molar-refractivity contribution in [1.82, 2.24) is 4.90 Å². The molecule has 1 aliphatic heterocycles. The van der Waals surface area contributed by atoms with Crippen molar-refractivity contribution in [2.24, 2.45) is 23.5 Å². The van der Waals surface area contributed by atoms with Crippen molar-refractivity contribution in [1.29, 1.82) is 0 Å². The smallest absolute Gasteiger partial charge is 0.410 e. The first-order valence-electron chi connectivity index (χ1n) is 7.05. The Morgan fingerprint density at radius 2 is 1.83 bits per heavy atom. The molecule has 1 aliphatic carbocycles. The quantitative estimate of drug-likeness (QED) is 0.840. The summed E-state index contributed by atoms with van der Waals surface area (Å²) in [4.78, 5) is 13.6. The molecule has 2 fully saturated rings. The van der Waals surface area contributed by atoms with Gasteiger partial charge in [-0.1, -0.05) is 0 Å². The predicted octanol–water partition coefficient (Wildman–Crippen LogP) is 2.23. The standard InChI is InChI=1S/C14H26N2O2/c1-14(2,3)18-13(17)16-8-12(9-16)6-10-4-11(5-10)7-15/h10-12H,4-9,15H2,1-3H3. The van der Waals surface area contributed by atoms with Crippen LogP contribution in [0.25, 0.3) is 0 Å². The number of amides is 1. The van der Waals surface area contributed by atoms with Crippen LogP contribution in [0.2, 0.25) is 0 Å². The van der Waals surface area contributed by atoms with E-state index < -0.39 is 0 Å². The average Bonchev–Trinajstić information content (AvgIpc) is 2.09. The molecule has 18 heavy (non-hydrogen) atoms. The number of hydrogen-bond donors (Lipinski definition) is 1. The third-order valence-electron chi connectivity index (χ3n) is 3.94. The normalized spacial score (nSPS) is 28.6. The minimum absolute atomic E-state index is 0.160. The van der Waals surface area contributed by atoms with Gasteiger partial charge in [-0.25, -0.2) is 4.79 Å². The van der Waals surface area contributed by atoms with Crippen LogP contribution in [0.3, 0.4) is 0 Å². The SMILES string of the molecule is CC(C)(C)OC(=O)N1CC(CC2CC(CN)C2)C1. The van der Waals surface area contributed by atoms with Gasteiger partial charge < -0.3 is 15.4 Å². The van der Waals surface area contributed by atoms with E-state index in [9.17, 15) is 4.79 Å². The van der Waals surface area contributed by atoms with Crippen molar-refractivity contribution >= 4 is 6.09 Å². The maximum Gasteiger partial charge on any atom is 0.410 e. The first-order valence-corrected chi connectivity index (χ1v) is 7.05. The number of ether oxygens (including phenoxy) is 1. The van der Waals surface area contributed by atoms with Crippen LogP contribution >= 0.6 is 0 Å². The van der Waals surface area contributed by atoms with Gasteiger partial charge in [-0.05, 0) is 64.3 Å². The molecule has 0 spiro atoms. The molecule has 1 saturated heterocycles. The highest BCUT2D eigenvalue weighted by Crippen LogP contribution is 2.39. The van der Waals surface area contributed by atoms with E-state index in [1.165, 1.54) is 19.3 Å². The minimum atomic E-state index is -0.384. The monoisotopic (exact) mass is 254 g/mol. The molecule has 0 bridgehead atoms. The number of nitrogens with two attached hydrogens (primary N) is 1. The Morgan fingerprint density at radius 3 is 2.33 bits per heavy atom. The van der Waals surface area contributed by atoms with Gasteiger partial charge >= 0.3 is 6.09 Å². The Bertz CT molecular complexity index is 299. The molecule has 0 atom stereocenters. The summed E-state index contributed by atoms with van der Waals surface area (Å²) in [5.41, 5.74) is 5.24. The Hall–Kier alpha value is -0.770. The third kappa shape index (κ3) is 3.37. The number of carbonyl (C=O) groups excluding carboxylic acids is 1. The van der Waals surface area contributed by atoms with Crippen molar-refractivity contribution in [2.45, 2.75) is 45.6 Å². The summed E-state index contributed by atoms with van der Waals surface area (Å²) >= 11 is 0. The number of hydrogen-bond acceptors (Lipinski definition) is 3. The molecule has 1 saturated carbocycles. The van der Waals surface area contributed by atoms with E-state index in [1.807, 2.05) is 25.7 Å². The molecule has 1 amide bonds. The van der Waals surface area contributed by atoms with Crippen molar-refractivity contribution in [3.8, 4) is 0 Å². The maximum atomic E-state index is 11.7. The Labute approximate surface area is 110 Å². The van der Waals surface area contributed by atoms with Crippen molar-refractivity contribution in [3.63, 3.8) is 0 Å². The van der Waals surface area contributed by atoms with Crippen LogP contribution < -0.4 is 5.73 Å². The molecule has 0 unspecified atom stereocenters. The second-order valence-electron chi connectivity index (χ2n) is 6.93. The average molecular weight is 254 g/mol. The van der Waals surface area contributed by atoms with Crippen LogP contribution in [0.4, 0.5) is 4.79 Å². The van der Waals surface area contributed by atoms with Crippen LogP contribution in [0.5, 0.6) is 0 Å². The Kier molecular flexibility index (Phi) is 3.85. The van der Waals surface area contributed by atoms with Crippen LogP contribution in [0.15, 0.2) is 0 Å². The highest BCUT2D eigenvalue weighted by molar-refractivity contribution is 5.69. The van der Waals surface area contributed by atoms with Gasteiger partial charge in [0.25, 0.3) is 0 Å². The molecule has 104 valence electrons. The summed E-state index contributed by atoms with van der Waals surface area (Å²) in [6, 6.07) is 0. The third-order valence-corrected chi connectivity index (χ3v) is 3.94. The molecular weight excluding hydrogens is 228 g/mol. The maximum absolute atomic E-state index is 11.7. The Morgan fingerprint density at radius 1 is 1.22 bits per heavy atom. The summed E-state index contributed by atoms with van der Waals surface area (Å²) in [7, 11) is 0. The van der Waals surface area contributed by atoms with E-state index in [4.69, 9.17) is 10.5 Å². The van der Waals surface area contributed by atoms with Crippen molar-refractivity contribution in [3.05, 3.63) is 0 Å². The lowest BCUT2D eigenvalue weighted by atomic mass is 9.70. The summed E-state index contributed by atoms with van der Waals surface area (Å²) in [6.07, 6.45) is 3.68. The van der Waals surface area contributed by atoms with Crippen molar-refractivity contribution in [2.75, 3.05) is 19.6 Å². The largest absolute Gasteiger partial charge is 0.444 e. The molecule has 2 N–H and O–H groups in total. The van der Waals surface area contributed by atoms with E-state index in [2.05, 4.69) is 0 Å². The molecule has 2 aliphatic rings. The zero-order chi connectivity index (χ0) is 13.3. The number of rotatable bonds is 3. The summed E-state index contributed by atoms with van der Waals surface area (Å²) in [6.45, 7) is 8.30. The molecular formula is C14H26N2O2. The van der Waals surface area contributed by atoms with E-state index in [1.54, 1.807) is 0 Å². The molecule has 2 rings (SSSR count). The highest BCUT2D eigenvalue weighted by Gasteiger charge is 2.37. The van der Waals surface area contributed by atoms with Crippen LogP contribution in [-0.4, -0.2) is 36.2 Å². The second kappa shape index (κ2) is 5.08. The van der Waals surface area contributed by atoms with Crippen LogP contribution in [-0.2, 0) is 4.74 Å². The first kappa shape index (κ1) is 13.7. The van der Waals surface area contributed by atoms with E-state index >= 15 is 0 Å². The number of carbonyl (C=O) groups is 1. The predicted molar refractivity (Wildman–Crippen MR) is 71.2 cm³/mol. The molecule has 0 aromatic heterocycles. The van der Waals surface area contributed by atoms with Gasteiger partial charge in [-0.15, -0.1) is 0 Å². The lowest BCUT2D eigenvalue weighted by Crippen LogP contribution is -2.52. The fourth-order valence-electron chi connectivity index (χ4n) is 2.92. The molecule has 0 aromatic rings. The van der Waals surface area contributed by atoms with Gasteiger partial charge in [0.15, 0.2) is 0 Å². The fourth-order valence-corrected chi connectivity index (χ4v) is 2.92. The minimum Gasteiger partial charge on any atom is -0.444 e. The fraction of sp³-hybridized carbons (Fsp3) is 0.929. The van der Waals surface area contributed by atoms with Gasteiger partial charge in [0.2, 0.25) is 0 Å². The van der Waals surface area contributed by atoms with E-state index in [0.29, 0.717) is 5.92 Å². The molecule has 4 nitrogen and oxygen atoms in total.